The predicted molar refractivity (Wildman–Crippen MR) is 172 cm³/mol. The lowest BCUT2D eigenvalue weighted by Gasteiger charge is -2.44. The molecular weight excluding hydrogens is 598 g/mol. The SMILES string of the molecule is CC(C)CN(C(=O)c1c(Cl)nc(-c2ccccc2)n1CCCCO)[C@H]1C[C@@H](C(=O)N2CCOCC2)CN(C(=O)OC(C)(C)C)C1. The molecule has 3 heterocycles. The van der Waals surface area contributed by atoms with Gasteiger partial charge in [0.2, 0.25) is 5.91 Å². The number of amides is 3. The van der Waals surface area contributed by atoms with Gasteiger partial charge in [-0.2, -0.15) is 0 Å². The summed E-state index contributed by atoms with van der Waals surface area (Å²) in [4.78, 5) is 51.6. The van der Waals surface area contributed by atoms with Gasteiger partial charge in [0.05, 0.1) is 25.2 Å². The van der Waals surface area contributed by atoms with Crippen molar-refractivity contribution in [2.45, 2.75) is 72.1 Å². The molecule has 0 aliphatic carbocycles. The maximum Gasteiger partial charge on any atom is 0.410 e. The lowest BCUT2D eigenvalue weighted by atomic mass is 9.91. The number of carbonyl (C=O) groups is 3. The lowest BCUT2D eigenvalue weighted by Crippen LogP contribution is -2.58. The molecule has 45 heavy (non-hydrogen) atoms. The van der Waals surface area contributed by atoms with E-state index in [4.69, 9.17) is 21.1 Å². The van der Waals surface area contributed by atoms with Crippen molar-refractivity contribution < 1.29 is 29.0 Å². The number of likely N-dealkylation sites (tertiary alicyclic amines) is 1. The van der Waals surface area contributed by atoms with Crippen molar-refractivity contribution in [2.75, 3.05) is 52.5 Å². The fourth-order valence-electron chi connectivity index (χ4n) is 5.96. The maximum absolute atomic E-state index is 14.7. The van der Waals surface area contributed by atoms with Crippen LogP contribution in [0.2, 0.25) is 5.15 Å². The van der Waals surface area contributed by atoms with Crippen LogP contribution in [0, 0.1) is 11.8 Å². The number of piperidine rings is 1. The van der Waals surface area contributed by atoms with Crippen molar-refractivity contribution in [1.82, 2.24) is 24.3 Å². The van der Waals surface area contributed by atoms with Gasteiger partial charge in [-0.25, -0.2) is 9.78 Å². The zero-order valence-electron chi connectivity index (χ0n) is 27.2. The van der Waals surface area contributed by atoms with E-state index in [1.54, 1.807) is 14.7 Å². The van der Waals surface area contributed by atoms with Crippen molar-refractivity contribution in [1.29, 1.82) is 0 Å². The number of hydrogen-bond donors (Lipinski definition) is 1. The Labute approximate surface area is 271 Å². The Balaban J connectivity index is 1.73. The summed E-state index contributed by atoms with van der Waals surface area (Å²) in [5, 5.41) is 9.56. The largest absolute Gasteiger partial charge is 0.444 e. The quantitative estimate of drug-likeness (QED) is 0.377. The number of unbranched alkanes of at least 4 members (excludes halogenated alkanes) is 1. The summed E-state index contributed by atoms with van der Waals surface area (Å²) in [6, 6.07) is 9.09. The normalized spacial score (nSPS) is 19.1. The third-order valence-corrected chi connectivity index (χ3v) is 8.23. The van der Waals surface area contributed by atoms with Gasteiger partial charge in [-0.3, -0.25) is 9.59 Å². The van der Waals surface area contributed by atoms with Crippen molar-refractivity contribution in [3.05, 3.63) is 41.2 Å². The van der Waals surface area contributed by atoms with E-state index in [1.165, 1.54) is 0 Å². The van der Waals surface area contributed by atoms with Gasteiger partial charge in [-0.05, 0) is 46.0 Å². The number of imidazole rings is 1. The van der Waals surface area contributed by atoms with Gasteiger partial charge >= 0.3 is 6.09 Å². The number of rotatable bonds is 10. The molecule has 248 valence electrons. The molecule has 2 fully saturated rings. The van der Waals surface area contributed by atoms with Gasteiger partial charge in [-0.15, -0.1) is 0 Å². The zero-order valence-corrected chi connectivity index (χ0v) is 28.0. The second kappa shape index (κ2) is 15.4. The Morgan fingerprint density at radius 1 is 1.09 bits per heavy atom. The van der Waals surface area contributed by atoms with E-state index in [0.717, 1.165) is 5.56 Å². The van der Waals surface area contributed by atoms with Crippen LogP contribution in [0.3, 0.4) is 0 Å². The number of ether oxygens (including phenoxy) is 2. The third-order valence-electron chi connectivity index (χ3n) is 7.97. The van der Waals surface area contributed by atoms with E-state index in [0.29, 0.717) is 64.5 Å². The van der Waals surface area contributed by atoms with Crippen molar-refractivity contribution in [3.63, 3.8) is 0 Å². The van der Waals surface area contributed by atoms with E-state index in [9.17, 15) is 19.5 Å². The molecule has 1 aromatic heterocycles. The van der Waals surface area contributed by atoms with Crippen LogP contribution < -0.4 is 0 Å². The highest BCUT2D eigenvalue weighted by Crippen LogP contribution is 2.31. The van der Waals surface area contributed by atoms with Gasteiger partial charge in [0.1, 0.15) is 17.1 Å². The summed E-state index contributed by atoms with van der Waals surface area (Å²) < 4.78 is 13.0. The summed E-state index contributed by atoms with van der Waals surface area (Å²) in [6.07, 6.45) is 1.07. The minimum atomic E-state index is -0.719. The predicted octanol–water partition coefficient (Wildman–Crippen LogP) is 4.56. The number of aromatic nitrogens is 2. The van der Waals surface area contributed by atoms with Gasteiger partial charge in [-0.1, -0.05) is 55.8 Å². The Kier molecular flexibility index (Phi) is 11.9. The van der Waals surface area contributed by atoms with E-state index < -0.39 is 23.7 Å². The number of nitrogens with zero attached hydrogens (tertiary/aromatic N) is 5. The number of benzene rings is 1. The third kappa shape index (κ3) is 8.98. The fraction of sp³-hybridized carbons (Fsp3) is 0.636. The standard InChI is InChI=1S/C33H48ClN5O6/c1-23(2)20-39(31(42)27-28(34)35-29(24-11-7-6-8-12-24)38(27)13-9-10-16-40)26-19-25(30(41)36-14-17-44-18-15-36)21-37(22-26)32(43)45-33(3,4)5/h6-8,11-12,23,25-26,40H,9-10,13-22H2,1-5H3/t25-,26+/m1/s1. The number of hydrogen-bond acceptors (Lipinski definition) is 7. The average molecular weight is 646 g/mol. The minimum absolute atomic E-state index is 0.0347. The first kappa shape index (κ1) is 34.7. The van der Waals surface area contributed by atoms with E-state index in [-0.39, 0.29) is 48.3 Å². The smallest absolute Gasteiger partial charge is 0.410 e. The molecule has 0 spiro atoms. The molecule has 4 rings (SSSR count). The summed E-state index contributed by atoms with van der Waals surface area (Å²) >= 11 is 6.77. The maximum atomic E-state index is 14.7. The average Bonchev–Trinajstić information content (AvgIpc) is 3.34. The molecule has 2 saturated heterocycles. The molecule has 11 nitrogen and oxygen atoms in total. The highest BCUT2D eigenvalue weighted by atomic mass is 35.5. The van der Waals surface area contributed by atoms with Gasteiger partial charge in [0.25, 0.3) is 5.91 Å². The number of aliphatic hydroxyl groups excluding tert-OH is 1. The number of aliphatic hydroxyl groups is 1. The number of morpholine rings is 1. The van der Waals surface area contributed by atoms with Crippen LogP contribution in [0.25, 0.3) is 11.4 Å². The van der Waals surface area contributed by atoms with Crippen LogP contribution in [0.1, 0.15) is 64.4 Å². The molecular formula is C33H48ClN5O6. The van der Waals surface area contributed by atoms with E-state index in [1.807, 2.05) is 69.5 Å². The molecule has 0 saturated carbocycles. The number of halogens is 1. The Morgan fingerprint density at radius 2 is 1.78 bits per heavy atom. The molecule has 2 aliphatic rings. The van der Waals surface area contributed by atoms with Crippen LogP contribution >= 0.6 is 11.6 Å². The first-order valence-electron chi connectivity index (χ1n) is 16.0. The lowest BCUT2D eigenvalue weighted by molar-refractivity contribution is -0.142. The molecule has 0 unspecified atom stereocenters. The van der Waals surface area contributed by atoms with Gasteiger partial charge < -0.3 is 33.8 Å². The van der Waals surface area contributed by atoms with Crippen LogP contribution in [0.4, 0.5) is 4.79 Å². The molecule has 3 amide bonds. The van der Waals surface area contributed by atoms with Crippen molar-refractivity contribution in [3.8, 4) is 11.4 Å². The van der Waals surface area contributed by atoms with Gasteiger partial charge in [0.15, 0.2) is 5.15 Å². The van der Waals surface area contributed by atoms with Crippen LogP contribution in [0.5, 0.6) is 0 Å². The summed E-state index contributed by atoms with van der Waals surface area (Å²) in [5.74, 6) is -0.197. The first-order valence-corrected chi connectivity index (χ1v) is 16.3. The molecule has 0 bridgehead atoms. The summed E-state index contributed by atoms with van der Waals surface area (Å²) in [6.45, 7) is 12.7. The Morgan fingerprint density at radius 3 is 2.40 bits per heavy atom. The summed E-state index contributed by atoms with van der Waals surface area (Å²) in [7, 11) is 0. The molecule has 2 aromatic rings. The Bertz CT molecular complexity index is 1300. The minimum Gasteiger partial charge on any atom is -0.444 e. The first-order chi connectivity index (χ1) is 21.4. The van der Waals surface area contributed by atoms with Crippen molar-refractivity contribution >= 4 is 29.5 Å². The van der Waals surface area contributed by atoms with Crippen LogP contribution in [-0.2, 0) is 20.8 Å². The van der Waals surface area contributed by atoms with Crippen LogP contribution in [0.15, 0.2) is 30.3 Å². The molecule has 1 N–H and O–H groups in total. The van der Waals surface area contributed by atoms with Gasteiger partial charge in [0, 0.05) is 51.4 Å². The Hall–Kier alpha value is -3.15. The molecule has 2 aliphatic heterocycles. The fourth-order valence-corrected chi connectivity index (χ4v) is 6.22. The second-order valence-corrected chi connectivity index (χ2v) is 13.6. The van der Waals surface area contributed by atoms with Crippen LogP contribution in [-0.4, -0.2) is 111 Å². The highest BCUT2D eigenvalue weighted by Gasteiger charge is 2.42. The molecule has 12 heteroatoms. The topological polar surface area (TPSA) is 117 Å². The zero-order chi connectivity index (χ0) is 32.7. The molecule has 1 aromatic carbocycles. The second-order valence-electron chi connectivity index (χ2n) is 13.3. The monoisotopic (exact) mass is 645 g/mol. The molecule has 0 radical (unpaired) electrons. The summed E-state index contributed by atoms with van der Waals surface area (Å²) in [5.41, 5.74) is 0.367. The molecule has 2 atom stereocenters. The van der Waals surface area contributed by atoms with E-state index >= 15 is 0 Å². The van der Waals surface area contributed by atoms with E-state index in [2.05, 4.69) is 4.98 Å². The van der Waals surface area contributed by atoms with Crippen molar-refractivity contribution in [2.24, 2.45) is 11.8 Å². The highest BCUT2D eigenvalue weighted by molar-refractivity contribution is 6.32. The number of carbonyl (C=O) groups excluding carboxylic acids is 3.